The van der Waals surface area contributed by atoms with Gasteiger partial charge in [0, 0.05) is 18.4 Å². The van der Waals surface area contributed by atoms with Crippen molar-refractivity contribution in [1.29, 1.82) is 5.26 Å². The lowest BCUT2D eigenvalue weighted by molar-refractivity contribution is 0.580. The van der Waals surface area contributed by atoms with Crippen molar-refractivity contribution < 1.29 is 8.42 Å². The van der Waals surface area contributed by atoms with Crippen LogP contribution in [-0.4, -0.2) is 15.0 Å². The molecule has 4 nitrogen and oxygen atoms in total. The number of unbranched alkanes of at least 4 members (excludes halogenated alkanes) is 1. The van der Waals surface area contributed by atoms with Gasteiger partial charge in [0.15, 0.2) is 0 Å². The molecule has 0 radical (unpaired) electrons. The van der Waals surface area contributed by atoms with E-state index in [0.29, 0.717) is 18.2 Å². The molecule has 0 amide bonds. The summed E-state index contributed by atoms with van der Waals surface area (Å²) >= 11 is 0. The Balaban J connectivity index is 2.31. The lowest BCUT2D eigenvalue weighted by Gasteiger charge is -2.08. The molecule has 0 atom stereocenters. The Kier molecular flexibility index (Phi) is 4.15. The van der Waals surface area contributed by atoms with Crippen molar-refractivity contribution in [2.75, 3.05) is 6.54 Å². The van der Waals surface area contributed by atoms with Gasteiger partial charge in [0.05, 0.1) is 11.0 Å². The van der Waals surface area contributed by atoms with E-state index in [9.17, 15) is 8.42 Å². The highest BCUT2D eigenvalue weighted by Crippen LogP contribution is 2.22. The van der Waals surface area contributed by atoms with Crippen molar-refractivity contribution in [2.24, 2.45) is 0 Å². The summed E-state index contributed by atoms with van der Waals surface area (Å²) in [5.74, 6) is 0. The number of sulfonamides is 1. The number of nitriles is 1. The molecule has 0 aliphatic heterocycles. The molecule has 0 bridgehead atoms. The van der Waals surface area contributed by atoms with Gasteiger partial charge in [-0.15, -0.1) is 0 Å². The number of hydrogen-bond donors (Lipinski definition) is 1. The highest BCUT2D eigenvalue weighted by Gasteiger charge is 2.15. The molecule has 0 aliphatic rings. The van der Waals surface area contributed by atoms with Gasteiger partial charge in [-0.3, -0.25) is 0 Å². The minimum Gasteiger partial charge on any atom is -0.211 e. The third-order valence-electron chi connectivity index (χ3n) is 2.80. The van der Waals surface area contributed by atoms with Crippen molar-refractivity contribution in [3.05, 3.63) is 42.5 Å². The van der Waals surface area contributed by atoms with Gasteiger partial charge in [-0.1, -0.05) is 36.4 Å². The van der Waals surface area contributed by atoms with Gasteiger partial charge in [0.1, 0.15) is 0 Å². The van der Waals surface area contributed by atoms with E-state index in [4.69, 9.17) is 5.26 Å². The van der Waals surface area contributed by atoms with Crippen molar-refractivity contribution in [3.8, 4) is 6.07 Å². The maximum Gasteiger partial charge on any atom is 0.241 e. The van der Waals surface area contributed by atoms with E-state index in [2.05, 4.69) is 4.72 Å². The van der Waals surface area contributed by atoms with Crippen LogP contribution in [0.1, 0.15) is 12.8 Å². The molecule has 0 aliphatic carbocycles. The second kappa shape index (κ2) is 5.83. The molecule has 2 rings (SSSR count). The van der Waals surface area contributed by atoms with Gasteiger partial charge in [-0.25, -0.2) is 13.1 Å². The number of rotatable bonds is 5. The van der Waals surface area contributed by atoms with Crippen LogP contribution in [0.25, 0.3) is 10.8 Å². The Labute approximate surface area is 112 Å². The number of fused-ring (bicyclic) bond motifs is 1. The number of benzene rings is 2. The summed E-state index contributed by atoms with van der Waals surface area (Å²) in [5, 5.41) is 10.0. The third kappa shape index (κ3) is 3.11. The maximum atomic E-state index is 12.2. The van der Waals surface area contributed by atoms with E-state index in [1.54, 1.807) is 18.2 Å². The lowest BCUT2D eigenvalue weighted by atomic mass is 10.1. The summed E-state index contributed by atoms with van der Waals surface area (Å²) in [4.78, 5) is 0.280. The molecule has 0 heterocycles. The second-order valence-electron chi connectivity index (χ2n) is 4.14. The van der Waals surface area contributed by atoms with Crippen molar-refractivity contribution >= 4 is 20.8 Å². The predicted octanol–water partition coefficient (Wildman–Crippen LogP) is 2.42. The van der Waals surface area contributed by atoms with E-state index in [0.717, 1.165) is 5.39 Å². The Hall–Kier alpha value is -1.90. The van der Waals surface area contributed by atoms with Crippen LogP contribution in [0.4, 0.5) is 0 Å². The Bertz CT molecular complexity index is 712. The van der Waals surface area contributed by atoms with Crippen molar-refractivity contribution in [3.63, 3.8) is 0 Å². The zero-order valence-electron chi connectivity index (χ0n) is 10.3. The van der Waals surface area contributed by atoms with Crippen LogP contribution in [0, 0.1) is 11.3 Å². The van der Waals surface area contributed by atoms with E-state index in [1.165, 1.54) is 0 Å². The van der Waals surface area contributed by atoms with Gasteiger partial charge in [-0.2, -0.15) is 5.26 Å². The molecule has 0 aromatic heterocycles. The van der Waals surface area contributed by atoms with E-state index in [-0.39, 0.29) is 11.4 Å². The summed E-state index contributed by atoms with van der Waals surface area (Å²) < 4.78 is 27.0. The van der Waals surface area contributed by atoms with Gasteiger partial charge < -0.3 is 0 Å². The van der Waals surface area contributed by atoms with Crippen LogP contribution < -0.4 is 4.72 Å². The molecule has 19 heavy (non-hydrogen) atoms. The van der Waals surface area contributed by atoms with Crippen LogP contribution >= 0.6 is 0 Å². The largest absolute Gasteiger partial charge is 0.241 e. The molecule has 0 spiro atoms. The first-order chi connectivity index (χ1) is 9.15. The fourth-order valence-electron chi connectivity index (χ4n) is 1.88. The molecular weight excluding hydrogens is 260 g/mol. The highest BCUT2D eigenvalue weighted by atomic mass is 32.2. The lowest BCUT2D eigenvalue weighted by Crippen LogP contribution is -2.24. The maximum absolute atomic E-state index is 12.2. The molecule has 0 unspecified atom stereocenters. The average Bonchev–Trinajstić information content (AvgIpc) is 2.43. The molecule has 0 saturated carbocycles. The fourth-order valence-corrected chi connectivity index (χ4v) is 3.18. The molecule has 2 aromatic rings. The number of nitrogens with zero attached hydrogens (tertiary/aromatic N) is 1. The quantitative estimate of drug-likeness (QED) is 0.851. The molecule has 1 N–H and O–H groups in total. The monoisotopic (exact) mass is 274 g/mol. The normalized spacial score (nSPS) is 11.3. The van der Waals surface area contributed by atoms with Gasteiger partial charge in [0.2, 0.25) is 10.0 Å². The summed E-state index contributed by atoms with van der Waals surface area (Å²) in [6.07, 6.45) is 0.860. The van der Waals surface area contributed by atoms with Gasteiger partial charge >= 0.3 is 0 Å². The molecule has 0 saturated heterocycles. The van der Waals surface area contributed by atoms with Gasteiger partial charge in [0.25, 0.3) is 0 Å². The van der Waals surface area contributed by atoms with Crippen LogP contribution in [0.3, 0.4) is 0 Å². The van der Waals surface area contributed by atoms with Crippen LogP contribution in [0.15, 0.2) is 47.4 Å². The summed E-state index contributed by atoms with van der Waals surface area (Å²) in [6, 6.07) is 14.5. The van der Waals surface area contributed by atoms with E-state index in [1.807, 2.05) is 30.3 Å². The highest BCUT2D eigenvalue weighted by molar-refractivity contribution is 7.89. The summed E-state index contributed by atoms with van der Waals surface area (Å²) in [5.41, 5.74) is 0. The molecule has 0 fully saturated rings. The standard InChI is InChI=1S/C14H14N2O2S/c15-10-3-4-11-16-19(17,18)14-9-5-7-12-6-1-2-8-13(12)14/h1-2,5-9,16H,3-4,11H2. The minimum atomic E-state index is -3.53. The summed E-state index contributed by atoms with van der Waals surface area (Å²) in [7, 11) is -3.53. The topological polar surface area (TPSA) is 70.0 Å². The van der Waals surface area contributed by atoms with Crippen LogP contribution in [0.5, 0.6) is 0 Å². The van der Waals surface area contributed by atoms with Crippen molar-refractivity contribution in [2.45, 2.75) is 17.7 Å². The smallest absolute Gasteiger partial charge is 0.211 e. The van der Waals surface area contributed by atoms with Crippen LogP contribution in [-0.2, 0) is 10.0 Å². The van der Waals surface area contributed by atoms with Gasteiger partial charge in [-0.05, 0) is 17.9 Å². The first-order valence-electron chi connectivity index (χ1n) is 5.99. The first-order valence-corrected chi connectivity index (χ1v) is 7.48. The molecule has 98 valence electrons. The Morgan fingerprint density at radius 2 is 1.84 bits per heavy atom. The van der Waals surface area contributed by atoms with E-state index < -0.39 is 10.0 Å². The predicted molar refractivity (Wildman–Crippen MR) is 74.0 cm³/mol. The van der Waals surface area contributed by atoms with E-state index >= 15 is 0 Å². The zero-order chi connectivity index (χ0) is 13.7. The third-order valence-corrected chi connectivity index (χ3v) is 4.32. The molecule has 2 aromatic carbocycles. The fraction of sp³-hybridized carbons (Fsp3) is 0.214. The van der Waals surface area contributed by atoms with Crippen LogP contribution in [0.2, 0.25) is 0 Å². The number of hydrogen-bond acceptors (Lipinski definition) is 3. The summed E-state index contributed by atoms with van der Waals surface area (Å²) in [6.45, 7) is 0.277. The molecular formula is C14H14N2O2S. The Morgan fingerprint density at radius 1 is 1.11 bits per heavy atom. The average molecular weight is 274 g/mol. The minimum absolute atomic E-state index is 0.277. The second-order valence-corrected chi connectivity index (χ2v) is 5.87. The Morgan fingerprint density at radius 3 is 2.63 bits per heavy atom. The van der Waals surface area contributed by atoms with Crippen molar-refractivity contribution in [1.82, 2.24) is 4.72 Å². The SMILES string of the molecule is N#CCCCNS(=O)(=O)c1cccc2ccccc12. The zero-order valence-corrected chi connectivity index (χ0v) is 11.2. The number of nitrogens with one attached hydrogen (secondary N) is 1. The first kappa shape index (κ1) is 13.5. The molecule has 5 heteroatoms.